The van der Waals surface area contributed by atoms with E-state index in [0.717, 1.165) is 30.0 Å². The summed E-state index contributed by atoms with van der Waals surface area (Å²) in [6.45, 7) is 5.20. The number of carboxylic acid groups (broad SMARTS) is 1. The van der Waals surface area contributed by atoms with Crippen LogP contribution in [0.2, 0.25) is 0 Å². The largest absolute Gasteiger partial charge is 0.480 e. The predicted octanol–water partition coefficient (Wildman–Crippen LogP) is 1.44. The van der Waals surface area contributed by atoms with Crippen LogP contribution in [0, 0.1) is 0 Å². The number of carbonyl (C=O) groups is 2. The topological polar surface area (TPSA) is 94.6 Å². The molecular weight excluding hydrogens is 316 g/mol. The maximum Gasteiger partial charge on any atom is 0.317 e. The maximum absolute atomic E-state index is 11.9. The van der Waals surface area contributed by atoms with Gasteiger partial charge in [0.25, 0.3) is 0 Å². The number of aromatic nitrogens is 1. The van der Waals surface area contributed by atoms with Crippen molar-refractivity contribution in [2.45, 2.75) is 51.7 Å². The molecule has 8 heteroatoms. The van der Waals surface area contributed by atoms with Crippen molar-refractivity contribution in [2.75, 3.05) is 13.1 Å². The summed E-state index contributed by atoms with van der Waals surface area (Å²) in [6, 6.07) is 0.164. The molecule has 2 amide bonds. The van der Waals surface area contributed by atoms with E-state index in [1.54, 1.807) is 11.3 Å². The Bertz CT molecular complexity index is 543. The molecule has 3 N–H and O–H groups in total. The Labute approximate surface area is 140 Å². The van der Waals surface area contributed by atoms with Crippen LogP contribution < -0.4 is 10.6 Å². The third kappa shape index (κ3) is 5.18. The van der Waals surface area contributed by atoms with Crippen LogP contribution in [0.5, 0.6) is 0 Å². The summed E-state index contributed by atoms with van der Waals surface area (Å²) in [5, 5.41) is 17.6. The number of aliphatic carboxylic acids is 1. The summed E-state index contributed by atoms with van der Waals surface area (Å²) < 4.78 is 0. The molecular formula is C15H24N4O3S. The van der Waals surface area contributed by atoms with E-state index in [1.807, 2.05) is 17.2 Å². The number of hydrogen-bond acceptors (Lipinski definition) is 5. The summed E-state index contributed by atoms with van der Waals surface area (Å²) in [6.07, 6.45) is 2.50. The van der Waals surface area contributed by atoms with Gasteiger partial charge in [-0.15, -0.1) is 11.3 Å². The predicted molar refractivity (Wildman–Crippen MR) is 88.6 cm³/mol. The molecule has 1 heterocycles. The molecule has 0 aliphatic heterocycles. The fourth-order valence-electron chi connectivity index (χ4n) is 2.68. The van der Waals surface area contributed by atoms with Crippen molar-refractivity contribution < 1.29 is 14.7 Å². The number of urea groups is 1. The third-order valence-electron chi connectivity index (χ3n) is 4.04. The minimum atomic E-state index is -0.810. The van der Waals surface area contributed by atoms with Crippen LogP contribution in [0.3, 0.4) is 0 Å². The van der Waals surface area contributed by atoms with Gasteiger partial charge in [0.2, 0.25) is 0 Å². The zero-order chi connectivity index (χ0) is 16.8. The van der Waals surface area contributed by atoms with Crippen LogP contribution in [-0.2, 0) is 17.8 Å². The minimum absolute atomic E-state index is 0.0592. The van der Waals surface area contributed by atoms with Crippen LogP contribution in [0.4, 0.5) is 4.79 Å². The molecule has 0 radical (unpaired) electrons. The van der Waals surface area contributed by atoms with E-state index < -0.39 is 5.97 Å². The molecule has 1 fully saturated rings. The minimum Gasteiger partial charge on any atom is -0.480 e. The highest BCUT2D eigenvalue weighted by molar-refractivity contribution is 7.09. The first-order valence-corrected chi connectivity index (χ1v) is 8.83. The van der Waals surface area contributed by atoms with E-state index in [0.29, 0.717) is 13.1 Å². The van der Waals surface area contributed by atoms with Gasteiger partial charge in [-0.05, 0) is 25.8 Å². The van der Waals surface area contributed by atoms with E-state index in [2.05, 4.69) is 22.5 Å². The first-order chi connectivity index (χ1) is 11.0. The highest BCUT2D eigenvalue weighted by atomic mass is 32.1. The second-order valence-electron chi connectivity index (χ2n) is 5.69. The van der Waals surface area contributed by atoms with E-state index >= 15 is 0 Å². The third-order valence-corrected chi connectivity index (χ3v) is 5.08. The zero-order valence-electron chi connectivity index (χ0n) is 13.5. The standard InChI is InChI=1S/C15H24N4O3S/c1-3-13-17-11(9-23-13)7-16-15(22)18-10-5-12(6-10)19(4-2)8-14(20)21/h9-10,12H,3-8H2,1-2H3,(H,20,21)(H2,16,18,22). The van der Waals surface area contributed by atoms with Crippen molar-refractivity contribution >= 4 is 23.3 Å². The number of amides is 2. The second-order valence-corrected chi connectivity index (χ2v) is 6.63. The molecule has 23 heavy (non-hydrogen) atoms. The molecule has 0 atom stereocenters. The molecule has 1 aromatic rings. The number of rotatable bonds is 8. The lowest BCUT2D eigenvalue weighted by molar-refractivity contribution is -0.139. The maximum atomic E-state index is 11.9. The van der Waals surface area contributed by atoms with Gasteiger partial charge in [-0.2, -0.15) is 0 Å². The van der Waals surface area contributed by atoms with Gasteiger partial charge in [0.05, 0.1) is 23.8 Å². The highest BCUT2D eigenvalue weighted by Gasteiger charge is 2.34. The number of nitrogens with one attached hydrogen (secondary N) is 2. The van der Waals surface area contributed by atoms with E-state index in [-0.39, 0.29) is 24.7 Å². The fraction of sp³-hybridized carbons (Fsp3) is 0.667. The van der Waals surface area contributed by atoms with Crippen LogP contribution in [0.15, 0.2) is 5.38 Å². The highest BCUT2D eigenvalue weighted by Crippen LogP contribution is 2.25. The molecule has 128 valence electrons. The molecule has 1 aliphatic rings. The van der Waals surface area contributed by atoms with Gasteiger partial charge in [-0.25, -0.2) is 9.78 Å². The number of hydrogen-bond donors (Lipinski definition) is 3. The first-order valence-electron chi connectivity index (χ1n) is 7.95. The Balaban J connectivity index is 1.66. The first kappa shape index (κ1) is 17.7. The average molecular weight is 340 g/mol. The van der Waals surface area contributed by atoms with E-state index in [9.17, 15) is 9.59 Å². The average Bonchev–Trinajstić information content (AvgIpc) is 2.94. The Morgan fingerprint density at radius 1 is 1.43 bits per heavy atom. The lowest BCUT2D eigenvalue weighted by atomic mass is 9.85. The molecule has 0 bridgehead atoms. The Hall–Kier alpha value is -1.67. The van der Waals surface area contributed by atoms with Gasteiger partial charge >= 0.3 is 12.0 Å². The van der Waals surface area contributed by atoms with E-state index in [1.165, 1.54) is 0 Å². The summed E-state index contributed by atoms with van der Waals surface area (Å²) in [5.74, 6) is -0.810. The van der Waals surface area contributed by atoms with Crippen molar-refractivity contribution in [3.05, 3.63) is 16.1 Å². The van der Waals surface area contributed by atoms with Crippen LogP contribution in [0.1, 0.15) is 37.4 Å². The van der Waals surface area contributed by atoms with Gasteiger partial charge in [0.1, 0.15) is 0 Å². The Morgan fingerprint density at radius 2 is 2.17 bits per heavy atom. The molecule has 1 aromatic heterocycles. The van der Waals surface area contributed by atoms with Crippen molar-refractivity contribution in [3.8, 4) is 0 Å². The molecule has 0 unspecified atom stereocenters. The smallest absolute Gasteiger partial charge is 0.317 e. The molecule has 1 saturated carbocycles. The number of likely N-dealkylation sites (N-methyl/N-ethyl adjacent to an activating group) is 1. The van der Waals surface area contributed by atoms with Crippen molar-refractivity contribution in [2.24, 2.45) is 0 Å². The van der Waals surface area contributed by atoms with Crippen LogP contribution >= 0.6 is 11.3 Å². The molecule has 0 aromatic carbocycles. The van der Waals surface area contributed by atoms with Gasteiger partial charge in [-0.1, -0.05) is 13.8 Å². The normalized spacial score (nSPS) is 20.1. The van der Waals surface area contributed by atoms with Crippen molar-refractivity contribution in [1.82, 2.24) is 20.5 Å². The van der Waals surface area contributed by atoms with Crippen molar-refractivity contribution in [3.63, 3.8) is 0 Å². The Morgan fingerprint density at radius 3 is 2.74 bits per heavy atom. The lowest BCUT2D eigenvalue weighted by Gasteiger charge is -2.42. The number of thiazole rings is 1. The quantitative estimate of drug-likeness (QED) is 0.666. The molecule has 0 saturated heterocycles. The fourth-order valence-corrected chi connectivity index (χ4v) is 3.42. The van der Waals surface area contributed by atoms with Gasteiger partial charge in [-0.3, -0.25) is 9.69 Å². The number of carboxylic acids is 1. The summed E-state index contributed by atoms with van der Waals surface area (Å²) in [7, 11) is 0. The zero-order valence-corrected chi connectivity index (χ0v) is 14.4. The monoisotopic (exact) mass is 340 g/mol. The van der Waals surface area contributed by atoms with Gasteiger partial charge < -0.3 is 15.7 Å². The summed E-state index contributed by atoms with van der Waals surface area (Å²) >= 11 is 1.61. The van der Waals surface area contributed by atoms with E-state index in [4.69, 9.17) is 5.11 Å². The van der Waals surface area contributed by atoms with Gasteiger partial charge in [0, 0.05) is 17.5 Å². The van der Waals surface area contributed by atoms with Crippen molar-refractivity contribution in [1.29, 1.82) is 0 Å². The lowest BCUT2D eigenvalue weighted by Crippen LogP contribution is -2.56. The molecule has 0 spiro atoms. The van der Waals surface area contributed by atoms with Crippen LogP contribution in [-0.4, -0.2) is 52.2 Å². The number of carbonyl (C=O) groups excluding carboxylic acids is 1. The van der Waals surface area contributed by atoms with Crippen LogP contribution in [0.25, 0.3) is 0 Å². The molecule has 7 nitrogen and oxygen atoms in total. The SMILES string of the molecule is CCc1nc(CNC(=O)NC2CC(N(CC)CC(=O)O)C2)cs1. The van der Waals surface area contributed by atoms with Gasteiger partial charge in [0.15, 0.2) is 0 Å². The number of aryl methyl sites for hydroxylation is 1. The molecule has 1 aliphatic carbocycles. The summed E-state index contributed by atoms with van der Waals surface area (Å²) in [5.41, 5.74) is 0.882. The summed E-state index contributed by atoms with van der Waals surface area (Å²) in [4.78, 5) is 29.0. The number of nitrogens with zero attached hydrogens (tertiary/aromatic N) is 2. The second kappa shape index (κ2) is 8.26. The molecule has 2 rings (SSSR count). The Kier molecular flexibility index (Phi) is 6.35.